The van der Waals surface area contributed by atoms with E-state index in [4.69, 9.17) is 0 Å². The van der Waals surface area contributed by atoms with Crippen molar-refractivity contribution < 1.29 is 14.0 Å². The van der Waals surface area contributed by atoms with Gasteiger partial charge in [-0.3, -0.25) is 9.59 Å². The van der Waals surface area contributed by atoms with Gasteiger partial charge in [-0.2, -0.15) is 0 Å². The van der Waals surface area contributed by atoms with Crippen molar-refractivity contribution in [2.45, 2.75) is 19.4 Å². The van der Waals surface area contributed by atoms with Crippen molar-refractivity contribution in [1.29, 1.82) is 0 Å². The van der Waals surface area contributed by atoms with Crippen LogP contribution in [-0.2, 0) is 16.6 Å². The molecule has 3 heterocycles. The minimum Gasteiger partial charge on any atom is -0.336 e. The zero-order valence-corrected chi connectivity index (χ0v) is 16.1. The van der Waals surface area contributed by atoms with Crippen LogP contribution in [0.4, 0.5) is 10.1 Å². The molecule has 2 saturated heterocycles. The molecule has 0 bridgehead atoms. The molecular formula is C20H24FN5O2. The number of halogens is 1. The largest absolute Gasteiger partial charge is 0.336 e. The molecular weight excluding hydrogens is 361 g/mol. The number of carbonyl (C=O) groups is 2. The molecule has 2 fully saturated rings. The van der Waals surface area contributed by atoms with Crippen LogP contribution in [0.5, 0.6) is 0 Å². The molecule has 1 N–H and O–H groups in total. The number of hydrogen-bond donors (Lipinski definition) is 1. The van der Waals surface area contributed by atoms with E-state index >= 15 is 0 Å². The summed E-state index contributed by atoms with van der Waals surface area (Å²) in [4.78, 5) is 33.4. The predicted molar refractivity (Wildman–Crippen MR) is 102 cm³/mol. The van der Waals surface area contributed by atoms with Gasteiger partial charge in [0, 0.05) is 52.0 Å². The number of piperazine rings is 1. The molecule has 0 aliphatic carbocycles. The molecule has 2 amide bonds. The highest BCUT2D eigenvalue weighted by Gasteiger charge is 2.41. The second-order valence-electron chi connectivity index (χ2n) is 7.51. The lowest BCUT2D eigenvalue weighted by Crippen LogP contribution is -2.51. The van der Waals surface area contributed by atoms with Gasteiger partial charge >= 0.3 is 0 Å². The van der Waals surface area contributed by atoms with Crippen molar-refractivity contribution in [3.63, 3.8) is 0 Å². The number of nitrogens with one attached hydrogen (secondary N) is 1. The fourth-order valence-electron chi connectivity index (χ4n) is 4.07. The van der Waals surface area contributed by atoms with Crippen LogP contribution < -0.4 is 10.2 Å². The van der Waals surface area contributed by atoms with Gasteiger partial charge in [-0.1, -0.05) is 6.07 Å². The molecule has 0 spiro atoms. The number of benzene rings is 1. The molecule has 2 aliphatic rings. The van der Waals surface area contributed by atoms with Crippen molar-refractivity contribution in [3.8, 4) is 0 Å². The summed E-state index contributed by atoms with van der Waals surface area (Å²) >= 11 is 0. The third kappa shape index (κ3) is 3.28. The lowest BCUT2D eigenvalue weighted by atomic mass is 10.0. The van der Waals surface area contributed by atoms with Gasteiger partial charge in [0.25, 0.3) is 0 Å². The second kappa shape index (κ2) is 7.35. The normalized spacial score (nSPS) is 22.8. The molecule has 2 aliphatic heterocycles. The number of anilines is 1. The monoisotopic (exact) mass is 385 g/mol. The van der Waals surface area contributed by atoms with E-state index in [1.165, 1.54) is 11.0 Å². The molecule has 7 nitrogen and oxygen atoms in total. The average Bonchev–Trinajstić information content (AvgIpc) is 3.27. The highest BCUT2D eigenvalue weighted by molar-refractivity contribution is 6.00. The van der Waals surface area contributed by atoms with Gasteiger partial charge in [0.2, 0.25) is 11.8 Å². The first-order valence-corrected chi connectivity index (χ1v) is 9.50. The Morgan fingerprint density at radius 2 is 2.18 bits per heavy atom. The summed E-state index contributed by atoms with van der Waals surface area (Å²) in [5.74, 6) is -0.391. The average molecular weight is 385 g/mol. The fourth-order valence-corrected chi connectivity index (χ4v) is 4.07. The summed E-state index contributed by atoms with van der Waals surface area (Å²) in [6.45, 7) is 3.87. The van der Waals surface area contributed by atoms with Gasteiger partial charge in [-0.25, -0.2) is 9.37 Å². The zero-order valence-electron chi connectivity index (χ0n) is 16.1. The van der Waals surface area contributed by atoms with Gasteiger partial charge in [-0.05, 0) is 24.6 Å². The van der Waals surface area contributed by atoms with Crippen molar-refractivity contribution in [2.75, 3.05) is 31.1 Å². The third-order valence-corrected chi connectivity index (χ3v) is 5.55. The minimum atomic E-state index is -0.478. The molecule has 2 unspecified atom stereocenters. The smallest absolute Gasteiger partial charge is 0.228 e. The lowest BCUT2D eigenvalue weighted by Gasteiger charge is -2.37. The first-order chi connectivity index (χ1) is 13.5. The first kappa shape index (κ1) is 18.6. The van der Waals surface area contributed by atoms with E-state index in [0.717, 1.165) is 11.4 Å². The van der Waals surface area contributed by atoms with Gasteiger partial charge in [0.05, 0.1) is 11.6 Å². The summed E-state index contributed by atoms with van der Waals surface area (Å²) in [6.07, 6.45) is 3.67. The topological polar surface area (TPSA) is 70.5 Å². The standard InChI is InChI=1S/C20H24FN5O2/c1-13-3-4-16(15(21)9-13)26-12-14(10-18(26)27)20(28)25-8-5-22-11-17(25)19-23-6-7-24(19)2/h3-4,6-7,9,14,17,22H,5,8,10-12H2,1-2H3. The Hall–Kier alpha value is -2.74. The van der Waals surface area contributed by atoms with Gasteiger partial charge in [0.1, 0.15) is 17.7 Å². The zero-order chi connectivity index (χ0) is 19.8. The van der Waals surface area contributed by atoms with E-state index in [9.17, 15) is 14.0 Å². The van der Waals surface area contributed by atoms with Crippen molar-refractivity contribution in [2.24, 2.45) is 13.0 Å². The van der Waals surface area contributed by atoms with Crippen molar-refractivity contribution >= 4 is 17.5 Å². The maximum atomic E-state index is 14.3. The SMILES string of the molecule is Cc1ccc(N2CC(C(=O)N3CCNCC3c3nccn3C)CC2=O)c(F)c1. The maximum Gasteiger partial charge on any atom is 0.228 e. The summed E-state index contributed by atoms with van der Waals surface area (Å²) in [5, 5.41) is 3.31. The summed E-state index contributed by atoms with van der Waals surface area (Å²) in [5.41, 5.74) is 1.03. The number of aromatic nitrogens is 2. The number of carbonyl (C=O) groups excluding carboxylic acids is 2. The van der Waals surface area contributed by atoms with Crippen LogP contribution >= 0.6 is 0 Å². The van der Waals surface area contributed by atoms with E-state index in [0.29, 0.717) is 19.6 Å². The van der Waals surface area contributed by atoms with Crippen molar-refractivity contribution in [1.82, 2.24) is 19.8 Å². The Bertz CT molecular complexity index is 912. The first-order valence-electron chi connectivity index (χ1n) is 9.50. The van der Waals surface area contributed by atoms with Crippen LogP contribution in [0.15, 0.2) is 30.6 Å². The molecule has 0 radical (unpaired) electrons. The van der Waals surface area contributed by atoms with E-state index in [2.05, 4.69) is 10.3 Å². The van der Waals surface area contributed by atoms with E-state index in [1.54, 1.807) is 25.3 Å². The lowest BCUT2D eigenvalue weighted by molar-refractivity contribution is -0.139. The second-order valence-corrected chi connectivity index (χ2v) is 7.51. The minimum absolute atomic E-state index is 0.0714. The Morgan fingerprint density at radius 1 is 1.36 bits per heavy atom. The van der Waals surface area contributed by atoms with E-state index < -0.39 is 11.7 Å². The van der Waals surface area contributed by atoms with E-state index in [1.807, 2.05) is 22.7 Å². The van der Waals surface area contributed by atoms with Gasteiger partial charge < -0.3 is 19.7 Å². The quantitative estimate of drug-likeness (QED) is 0.867. The molecule has 0 saturated carbocycles. The highest BCUT2D eigenvalue weighted by atomic mass is 19.1. The predicted octanol–water partition coefficient (Wildman–Crippen LogP) is 1.39. The Morgan fingerprint density at radius 3 is 2.89 bits per heavy atom. The number of amides is 2. The molecule has 2 aromatic rings. The molecule has 4 rings (SSSR count). The van der Waals surface area contributed by atoms with Crippen LogP contribution in [0, 0.1) is 18.7 Å². The molecule has 1 aromatic heterocycles. The number of nitrogens with zero attached hydrogens (tertiary/aromatic N) is 4. The maximum absolute atomic E-state index is 14.3. The Labute approximate surface area is 163 Å². The van der Waals surface area contributed by atoms with Crippen LogP contribution in [0.1, 0.15) is 23.9 Å². The van der Waals surface area contributed by atoms with Gasteiger partial charge in [-0.15, -0.1) is 0 Å². The van der Waals surface area contributed by atoms with E-state index in [-0.39, 0.29) is 36.5 Å². The molecule has 1 aromatic carbocycles. The van der Waals surface area contributed by atoms with Gasteiger partial charge in [0.15, 0.2) is 0 Å². The van der Waals surface area contributed by atoms with Crippen LogP contribution in [-0.4, -0.2) is 52.4 Å². The highest BCUT2D eigenvalue weighted by Crippen LogP contribution is 2.31. The molecule has 2 atom stereocenters. The fraction of sp³-hybridized carbons (Fsp3) is 0.450. The number of imidazole rings is 1. The molecule has 28 heavy (non-hydrogen) atoms. The molecule has 148 valence electrons. The number of hydrogen-bond acceptors (Lipinski definition) is 4. The summed E-state index contributed by atoms with van der Waals surface area (Å²) in [7, 11) is 1.90. The van der Waals surface area contributed by atoms with Crippen LogP contribution in [0.2, 0.25) is 0 Å². The number of rotatable bonds is 3. The Kier molecular flexibility index (Phi) is 4.89. The van der Waals surface area contributed by atoms with Crippen molar-refractivity contribution in [3.05, 3.63) is 47.8 Å². The summed E-state index contributed by atoms with van der Waals surface area (Å²) in [6, 6.07) is 4.61. The molecule has 8 heteroatoms. The Balaban J connectivity index is 1.54. The van der Waals surface area contributed by atoms with Crippen LogP contribution in [0.3, 0.4) is 0 Å². The number of aryl methyl sites for hydroxylation is 2. The van der Waals surface area contributed by atoms with Crippen LogP contribution in [0.25, 0.3) is 0 Å². The summed E-state index contributed by atoms with van der Waals surface area (Å²) < 4.78 is 16.3. The third-order valence-electron chi connectivity index (χ3n) is 5.55.